The van der Waals surface area contributed by atoms with Gasteiger partial charge in [-0.3, -0.25) is 19.2 Å². The van der Waals surface area contributed by atoms with Crippen molar-refractivity contribution in [1.29, 1.82) is 0 Å². The van der Waals surface area contributed by atoms with Crippen molar-refractivity contribution in [3.05, 3.63) is 59.7 Å². The molecule has 2 heterocycles. The van der Waals surface area contributed by atoms with E-state index in [1.807, 2.05) is 0 Å². The van der Waals surface area contributed by atoms with Crippen molar-refractivity contribution < 1.29 is 101 Å². The Hall–Kier alpha value is -6.26. The molecular weight excluding hydrogens is 816 g/mol. The number of carbonyl (C=O) groups is 6. The van der Waals surface area contributed by atoms with Crippen LogP contribution in [0.3, 0.4) is 0 Å². The molecule has 0 aromatic heterocycles. The number of hydrogen-bond acceptors (Lipinski definition) is 21. The van der Waals surface area contributed by atoms with Crippen LogP contribution in [-0.2, 0) is 71.4 Å². The summed E-state index contributed by atoms with van der Waals surface area (Å²) in [6.07, 6.45) is -10.0. The number of methoxy groups -OCH3 is 2. The monoisotopic (exact) mass is 862 g/mol. The molecule has 21 heteroatoms. The van der Waals surface area contributed by atoms with Gasteiger partial charge >= 0.3 is 35.8 Å². The van der Waals surface area contributed by atoms with Gasteiger partial charge in [-0.1, -0.05) is 12.1 Å². The number of benzene rings is 2. The van der Waals surface area contributed by atoms with E-state index in [1.54, 1.807) is 0 Å². The molecule has 0 radical (unpaired) electrons. The van der Waals surface area contributed by atoms with E-state index in [0.29, 0.717) is 11.1 Å². The smallest absolute Gasteiger partial charge is 0.331 e. The normalized spacial score (nSPS) is 26.0. The van der Waals surface area contributed by atoms with Crippen LogP contribution in [0.1, 0.15) is 38.8 Å². The summed E-state index contributed by atoms with van der Waals surface area (Å²) in [6.45, 7) is 1.66. The number of aromatic hydroxyl groups is 2. The van der Waals surface area contributed by atoms with Crippen LogP contribution in [0.15, 0.2) is 48.6 Å². The third kappa shape index (κ3) is 12.9. The van der Waals surface area contributed by atoms with Crippen LogP contribution in [0, 0.1) is 0 Å². The number of phenolic OH excluding ortho intramolecular Hbond substituents is 2. The van der Waals surface area contributed by atoms with Crippen molar-refractivity contribution in [3.63, 3.8) is 0 Å². The van der Waals surface area contributed by atoms with E-state index >= 15 is 0 Å². The van der Waals surface area contributed by atoms with Crippen molar-refractivity contribution in [2.75, 3.05) is 34.0 Å². The molecule has 4 N–H and O–H groups in total. The summed E-state index contributed by atoms with van der Waals surface area (Å²) >= 11 is 0. The zero-order valence-corrected chi connectivity index (χ0v) is 33.7. The molecule has 0 amide bonds. The predicted molar refractivity (Wildman–Crippen MR) is 202 cm³/mol. The number of aliphatic hydroxyl groups is 2. The average Bonchev–Trinajstić information content (AvgIpc) is 3.45. The molecule has 2 fully saturated rings. The molecule has 61 heavy (non-hydrogen) atoms. The first-order valence-electron chi connectivity index (χ1n) is 18.3. The van der Waals surface area contributed by atoms with Gasteiger partial charge in [0.2, 0.25) is 12.1 Å². The minimum atomic E-state index is -2.63. The number of carbonyl (C=O) groups excluding carboxylic acids is 6. The Morgan fingerprint density at radius 1 is 0.656 bits per heavy atom. The van der Waals surface area contributed by atoms with Crippen LogP contribution in [0.25, 0.3) is 12.2 Å². The first kappa shape index (κ1) is 47.4. The zero-order valence-electron chi connectivity index (χ0n) is 33.7. The van der Waals surface area contributed by atoms with Crippen LogP contribution in [-0.4, -0.2) is 145 Å². The van der Waals surface area contributed by atoms with Crippen LogP contribution < -0.4 is 9.47 Å². The first-order valence-corrected chi connectivity index (χ1v) is 18.3. The van der Waals surface area contributed by atoms with E-state index in [1.165, 1.54) is 62.8 Å². The molecule has 2 aromatic carbocycles. The van der Waals surface area contributed by atoms with Gasteiger partial charge in [0, 0.05) is 39.8 Å². The molecule has 9 atom stereocenters. The molecule has 332 valence electrons. The summed E-state index contributed by atoms with van der Waals surface area (Å²) in [4.78, 5) is 74.7. The first-order chi connectivity index (χ1) is 28.9. The summed E-state index contributed by atoms with van der Waals surface area (Å²) in [5.74, 6) is -8.47. The number of esters is 6. The van der Waals surface area contributed by atoms with E-state index in [4.69, 9.17) is 52.1 Å². The van der Waals surface area contributed by atoms with Crippen LogP contribution in [0.4, 0.5) is 0 Å². The average molecular weight is 863 g/mol. The Balaban J connectivity index is 1.73. The largest absolute Gasteiger partial charge is 0.504 e. The van der Waals surface area contributed by atoms with Crippen LogP contribution in [0.5, 0.6) is 23.0 Å². The van der Waals surface area contributed by atoms with Gasteiger partial charge in [0.25, 0.3) is 0 Å². The second-order valence-electron chi connectivity index (χ2n) is 13.4. The Labute approximate surface area is 348 Å². The minimum absolute atomic E-state index is 0.0823. The van der Waals surface area contributed by atoms with Crippen molar-refractivity contribution >= 4 is 48.0 Å². The highest BCUT2D eigenvalue weighted by Gasteiger charge is 2.63. The number of rotatable bonds is 17. The van der Waals surface area contributed by atoms with Crippen molar-refractivity contribution in [1.82, 2.24) is 0 Å². The van der Waals surface area contributed by atoms with Crippen molar-refractivity contribution in [3.8, 4) is 23.0 Å². The van der Waals surface area contributed by atoms with E-state index in [2.05, 4.69) is 0 Å². The van der Waals surface area contributed by atoms with E-state index in [-0.39, 0.29) is 23.0 Å². The maximum atomic E-state index is 13.4. The summed E-state index contributed by atoms with van der Waals surface area (Å²) < 4.78 is 60.3. The number of ether oxygens (including phenoxy) is 11. The standard InChI is InChI=1S/C40H46O21/c1-20(41)53-18-31-36(56-22(3)43)35(50)37(57-23(4)44)39(58-31)61-40(19-55-21(2)42)38(59-33(48)14-10-25-8-12-27(46)29(16-25)52-6)34(49)30(60-40)17-54-32(47)13-9-24-7-11-26(45)28(15-24)51-5/h7-16,30-31,34-39,45-46,49-50H,17-19H2,1-6H3. The second kappa shape index (κ2) is 21.3. The molecular formula is C40H46O21. The number of hydrogen-bond donors (Lipinski definition) is 4. The van der Waals surface area contributed by atoms with Gasteiger partial charge < -0.3 is 72.5 Å². The van der Waals surface area contributed by atoms with E-state index in [0.717, 1.165) is 39.8 Å². The van der Waals surface area contributed by atoms with Gasteiger partial charge in [-0.25, -0.2) is 9.59 Å². The highest BCUT2D eigenvalue weighted by atomic mass is 16.8. The lowest BCUT2D eigenvalue weighted by Crippen LogP contribution is -2.65. The molecule has 9 unspecified atom stereocenters. The SMILES string of the molecule is COc1cc(C=CC(=O)OCC2OC(COC(C)=O)(OC3OC(COC(C)=O)C(OC(C)=O)C(O)C3OC(C)=O)C(OC(=O)C=Cc3ccc(O)c(OC)c3)C2O)ccc1O. The highest BCUT2D eigenvalue weighted by Crippen LogP contribution is 2.40. The molecule has 2 aliphatic rings. The molecule has 2 saturated heterocycles. The Morgan fingerprint density at radius 2 is 1.18 bits per heavy atom. The Morgan fingerprint density at radius 3 is 1.70 bits per heavy atom. The van der Waals surface area contributed by atoms with Gasteiger partial charge in [0.05, 0.1) is 14.2 Å². The fourth-order valence-corrected chi connectivity index (χ4v) is 6.06. The highest BCUT2D eigenvalue weighted by molar-refractivity contribution is 5.88. The lowest BCUT2D eigenvalue weighted by Gasteiger charge is -2.45. The van der Waals surface area contributed by atoms with Gasteiger partial charge in [0.1, 0.15) is 44.2 Å². The molecule has 4 rings (SSSR count). The summed E-state index contributed by atoms with van der Waals surface area (Å²) in [7, 11) is 2.65. The molecule has 0 bridgehead atoms. The van der Waals surface area contributed by atoms with Crippen LogP contribution >= 0.6 is 0 Å². The molecule has 0 saturated carbocycles. The second-order valence-corrected chi connectivity index (χ2v) is 13.4. The minimum Gasteiger partial charge on any atom is -0.504 e. The van der Waals surface area contributed by atoms with Crippen LogP contribution in [0.2, 0.25) is 0 Å². The number of aliphatic hydroxyl groups excluding tert-OH is 2. The van der Waals surface area contributed by atoms with Gasteiger partial charge in [-0.05, 0) is 47.5 Å². The molecule has 0 aliphatic carbocycles. The zero-order chi connectivity index (χ0) is 45.0. The fourth-order valence-electron chi connectivity index (χ4n) is 6.06. The predicted octanol–water partition coefficient (Wildman–Crippen LogP) is 0.845. The molecule has 0 spiro atoms. The molecule has 21 nitrogen and oxygen atoms in total. The summed E-state index contributed by atoms with van der Waals surface area (Å²) in [6, 6.07) is 8.40. The lowest BCUT2D eigenvalue weighted by atomic mass is 9.98. The Kier molecular flexibility index (Phi) is 16.6. The maximum absolute atomic E-state index is 13.4. The van der Waals surface area contributed by atoms with E-state index < -0.39 is 110 Å². The van der Waals surface area contributed by atoms with Gasteiger partial charge in [-0.2, -0.15) is 0 Å². The summed E-state index contributed by atoms with van der Waals surface area (Å²) in [5, 5.41) is 43.0. The van der Waals surface area contributed by atoms with E-state index in [9.17, 15) is 49.2 Å². The summed E-state index contributed by atoms with van der Waals surface area (Å²) in [5.41, 5.74) is 0.791. The lowest BCUT2D eigenvalue weighted by molar-refractivity contribution is -0.384. The Bertz CT molecular complexity index is 1970. The third-order valence-electron chi connectivity index (χ3n) is 8.80. The van der Waals surface area contributed by atoms with Crippen molar-refractivity contribution in [2.24, 2.45) is 0 Å². The van der Waals surface area contributed by atoms with Crippen molar-refractivity contribution in [2.45, 2.75) is 82.5 Å². The topological polar surface area (TPSA) is 285 Å². The quantitative estimate of drug-likeness (QED) is 0.0974. The maximum Gasteiger partial charge on any atom is 0.331 e. The third-order valence-corrected chi connectivity index (χ3v) is 8.80. The molecule has 2 aromatic rings. The van der Waals surface area contributed by atoms with Gasteiger partial charge in [0.15, 0.2) is 41.3 Å². The number of phenols is 2. The van der Waals surface area contributed by atoms with Gasteiger partial charge in [-0.15, -0.1) is 0 Å². The molecule has 2 aliphatic heterocycles. The fraction of sp³-hybridized carbons (Fsp3) is 0.450.